The summed E-state index contributed by atoms with van der Waals surface area (Å²) in [6.07, 6.45) is -1.20. The van der Waals surface area contributed by atoms with Gasteiger partial charge < -0.3 is 25.1 Å². The molecule has 1 amide bonds. The summed E-state index contributed by atoms with van der Waals surface area (Å²) in [5.41, 5.74) is 3.67. The number of hydrogen-bond acceptors (Lipinski definition) is 9. The van der Waals surface area contributed by atoms with Crippen molar-refractivity contribution in [2.75, 3.05) is 24.3 Å². The molecule has 3 N–H and O–H groups in total. The van der Waals surface area contributed by atoms with E-state index in [1.807, 2.05) is 48.5 Å². The number of amides is 1. The molecule has 10 nitrogen and oxygen atoms in total. The van der Waals surface area contributed by atoms with E-state index in [4.69, 9.17) is 4.42 Å². The van der Waals surface area contributed by atoms with E-state index in [0.717, 1.165) is 16.7 Å². The van der Waals surface area contributed by atoms with Gasteiger partial charge in [-0.2, -0.15) is 13.8 Å². The molecule has 1 aliphatic heterocycles. The highest BCUT2D eigenvalue weighted by molar-refractivity contribution is 5.81. The van der Waals surface area contributed by atoms with Crippen molar-refractivity contribution in [1.82, 2.24) is 25.1 Å². The summed E-state index contributed by atoms with van der Waals surface area (Å²) >= 11 is 0. The molecule has 0 saturated heterocycles. The fourth-order valence-electron chi connectivity index (χ4n) is 4.02. The van der Waals surface area contributed by atoms with Crippen molar-refractivity contribution >= 4 is 23.4 Å². The molecule has 2 aromatic carbocycles. The number of aromatic nitrogens is 4. The van der Waals surface area contributed by atoms with Gasteiger partial charge in [-0.3, -0.25) is 4.79 Å². The maximum absolute atomic E-state index is 13.0. The molecule has 0 radical (unpaired) electrons. The zero-order valence-electron chi connectivity index (χ0n) is 19.7. The molecule has 12 heteroatoms. The number of halogens is 2. The minimum atomic E-state index is -2.92. The number of anilines is 3. The summed E-state index contributed by atoms with van der Waals surface area (Å²) in [6, 6.07) is 14.3. The van der Waals surface area contributed by atoms with Crippen LogP contribution in [0.25, 0.3) is 11.5 Å². The molecule has 2 aromatic heterocycles. The Bertz CT molecular complexity index is 1410. The Morgan fingerprint density at radius 1 is 1.14 bits per heavy atom. The van der Waals surface area contributed by atoms with Gasteiger partial charge in [-0.25, -0.2) is 4.98 Å². The van der Waals surface area contributed by atoms with Crippen LogP contribution >= 0.6 is 0 Å². The Labute approximate surface area is 210 Å². The van der Waals surface area contributed by atoms with E-state index in [9.17, 15) is 18.7 Å². The van der Waals surface area contributed by atoms with Crippen LogP contribution in [0, 0.1) is 0 Å². The molecule has 5 rings (SSSR count). The van der Waals surface area contributed by atoms with Crippen LogP contribution in [0.2, 0.25) is 0 Å². The standard InChI is InChI=1S/C25H23F2N7O3/c1-34-12-16-9-17(8-7-15(16)10-20(34)36)29-25-28-11-18(23-32-33-24(37-23)21(26)27)22(31-25)30-19(13-35)14-5-3-2-4-6-14/h2-9,11,19,21,35H,10,12-13H2,1H3,(H2,28,29,30,31)/t19-/m1/s1. The second kappa shape index (κ2) is 10.3. The maximum Gasteiger partial charge on any atom is 0.314 e. The smallest absolute Gasteiger partial charge is 0.314 e. The van der Waals surface area contributed by atoms with Gasteiger partial charge in [-0.1, -0.05) is 36.4 Å². The van der Waals surface area contributed by atoms with Crippen molar-refractivity contribution in [3.8, 4) is 11.5 Å². The fraction of sp³-hybridized carbons (Fsp3) is 0.240. The molecule has 1 aliphatic rings. The lowest BCUT2D eigenvalue weighted by Crippen LogP contribution is -2.32. The van der Waals surface area contributed by atoms with Gasteiger partial charge in [0, 0.05) is 25.5 Å². The van der Waals surface area contributed by atoms with E-state index in [0.29, 0.717) is 18.7 Å². The fourth-order valence-corrected chi connectivity index (χ4v) is 4.02. The summed E-state index contributed by atoms with van der Waals surface area (Å²) < 4.78 is 31.2. The Hall–Kier alpha value is -4.45. The van der Waals surface area contributed by atoms with Gasteiger partial charge >= 0.3 is 6.43 Å². The molecule has 0 aliphatic carbocycles. The van der Waals surface area contributed by atoms with E-state index < -0.39 is 18.4 Å². The quantitative estimate of drug-likeness (QED) is 0.325. The monoisotopic (exact) mass is 507 g/mol. The Balaban J connectivity index is 1.48. The van der Waals surface area contributed by atoms with Gasteiger partial charge in [0.2, 0.25) is 11.9 Å². The van der Waals surface area contributed by atoms with Crippen molar-refractivity contribution in [1.29, 1.82) is 0 Å². The number of rotatable bonds is 8. The number of hydrogen-bond donors (Lipinski definition) is 3. The van der Waals surface area contributed by atoms with Crippen molar-refractivity contribution in [3.63, 3.8) is 0 Å². The molecule has 0 fully saturated rings. The lowest BCUT2D eigenvalue weighted by molar-refractivity contribution is -0.130. The van der Waals surface area contributed by atoms with Crippen molar-refractivity contribution in [2.45, 2.75) is 25.4 Å². The van der Waals surface area contributed by atoms with Crippen molar-refractivity contribution in [3.05, 3.63) is 77.3 Å². The molecule has 3 heterocycles. The van der Waals surface area contributed by atoms with Gasteiger partial charge in [-0.05, 0) is 28.8 Å². The number of nitrogens with zero attached hydrogens (tertiary/aromatic N) is 5. The normalized spacial score (nSPS) is 14.0. The highest BCUT2D eigenvalue weighted by atomic mass is 19.3. The van der Waals surface area contributed by atoms with Crippen LogP contribution in [0.1, 0.15) is 35.0 Å². The van der Waals surface area contributed by atoms with Crippen LogP contribution < -0.4 is 10.6 Å². The Morgan fingerprint density at radius 3 is 2.68 bits per heavy atom. The third-order valence-corrected chi connectivity index (χ3v) is 5.98. The third-order valence-electron chi connectivity index (χ3n) is 5.98. The first-order valence-electron chi connectivity index (χ1n) is 11.5. The van der Waals surface area contributed by atoms with Crippen molar-refractivity contribution in [2.24, 2.45) is 0 Å². The molecule has 1 atom stereocenters. The predicted molar refractivity (Wildman–Crippen MR) is 130 cm³/mol. The number of alkyl halides is 2. The van der Waals surface area contributed by atoms with Crippen molar-refractivity contribution < 1.29 is 23.1 Å². The lowest BCUT2D eigenvalue weighted by Gasteiger charge is -2.25. The zero-order chi connectivity index (χ0) is 25.9. The molecule has 37 heavy (non-hydrogen) atoms. The lowest BCUT2D eigenvalue weighted by atomic mass is 9.99. The van der Waals surface area contributed by atoms with Crippen LogP contribution in [0.15, 0.2) is 59.1 Å². The topological polar surface area (TPSA) is 129 Å². The first-order valence-corrected chi connectivity index (χ1v) is 11.5. The molecular weight excluding hydrogens is 484 g/mol. The minimum Gasteiger partial charge on any atom is -0.415 e. The van der Waals surface area contributed by atoms with Crippen LogP contribution in [0.3, 0.4) is 0 Å². The van der Waals surface area contributed by atoms with Gasteiger partial charge in [0.1, 0.15) is 5.82 Å². The highest BCUT2D eigenvalue weighted by Gasteiger charge is 2.23. The number of carbonyl (C=O) groups is 1. The van der Waals surface area contributed by atoms with Crippen LogP contribution in [-0.4, -0.2) is 49.7 Å². The summed E-state index contributed by atoms with van der Waals surface area (Å²) in [7, 11) is 1.76. The number of nitrogens with one attached hydrogen (secondary N) is 2. The number of aliphatic hydroxyl groups excluding tert-OH is 1. The minimum absolute atomic E-state index is 0.0655. The average Bonchev–Trinajstić information content (AvgIpc) is 3.39. The number of aliphatic hydroxyl groups is 1. The van der Waals surface area contributed by atoms with Gasteiger partial charge in [0.05, 0.1) is 24.6 Å². The largest absolute Gasteiger partial charge is 0.415 e. The molecule has 0 saturated carbocycles. The van der Waals surface area contributed by atoms with Crippen LogP contribution in [0.5, 0.6) is 0 Å². The van der Waals surface area contributed by atoms with E-state index in [1.165, 1.54) is 6.20 Å². The second-order valence-corrected chi connectivity index (χ2v) is 8.53. The average molecular weight is 508 g/mol. The van der Waals surface area contributed by atoms with E-state index in [1.54, 1.807) is 11.9 Å². The molecule has 4 aromatic rings. The summed E-state index contributed by atoms with van der Waals surface area (Å²) in [5, 5.41) is 23.4. The van der Waals surface area contributed by atoms with Gasteiger partial charge in [-0.15, -0.1) is 10.2 Å². The first kappa shape index (κ1) is 24.3. The van der Waals surface area contributed by atoms with E-state index >= 15 is 0 Å². The number of carbonyl (C=O) groups excluding carboxylic acids is 1. The molecular formula is C25H23F2N7O3. The molecule has 0 unspecified atom stereocenters. The summed E-state index contributed by atoms with van der Waals surface area (Å²) in [4.78, 5) is 22.5. The second-order valence-electron chi connectivity index (χ2n) is 8.53. The molecule has 0 spiro atoms. The van der Waals surface area contributed by atoms with E-state index in [-0.39, 0.29) is 35.7 Å². The highest BCUT2D eigenvalue weighted by Crippen LogP contribution is 2.31. The number of likely N-dealkylation sites (N-methyl/N-ethyl adjacent to an activating group) is 1. The molecule has 0 bridgehead atoms. The van der Waals surface area contributed by atoms with Crippen LogP contribution in [0.4, 0.5) is 26.2 Å². The van der Waals surface area contributed by atoms with Gasteiger partial charge in [0.15, 0.2) is 0 Å². The Morgan fingerprint density at radius 2 is 1.95 bits per heavy atom. The number of benzene rings is 2. The SMILES string of the molecule is CN1Cc2cc(Nc3ncc(-c4nnc(C(F)F)o4)c(N[C@H](CO)c4ccccc4)n3)ccc2CC1=O. The van der Waals surface area contributed by atoms with Crippen LogP contribution in [-0.2, 0) is 17.8 Å². The summed E-state index contributed by atoms with van der Waals surface area (Å²) in [5.74, 6) is -0.522. The van der Waals surface area contributed by atoms with E-state index in [2.05, 4.69) is 30.8 Å². The predicted octanol–water partition coefficient (Wildman–Crippen LogP) is 3.87. The summed E-state index contributed by atoms with van der Waals surface area (Å²) in [6.45, 7) is 0.231. The number of fused-ring (bicyclic) bond motifs is 1. The maximum atomic E-state index is 13.0. The van der Waals surface area contributed by atoms with Gasteiger partial charge in [0.25, 0.3) is 11.8 Å². The molecule has 190 valence electrons. The third kappa shape index (κ3) is 5.23. The first-order chi connectivity index (χ1) is 17.9. The zero-order valence-corrected chi connectivity index (χ0v) is 19.7. The Kier molecular flexibility index (Phi) is 6.73.